The van der Waals surface area contributed by atoms with Crippen LogP contribution in [-0.4, -0.2) is 12.2 Å². The van der Waals surface area contributed by atoms with Gasteiger partial charge in [0.05, 0.1) is 7.11 Å². The van der Waals surface area contributed by atoms with Gasteiger partial charge in [0.15, 0.2) is 11.5 Å². The number of halogens is 1. The van der Waals surface area contributed by atoms with E-state index in [-0.39, 0.29) is 5.75 Å². The first-order chi connectivity index (χ1) is 6.15. The van der Waals surface area contributed by atoms with Crippen molar-refractivity contribution in [3.63, 3.8) is 0 Å². The molecule has 0 aromatic heterocycles. The van der Waals surface area contributed by atoms with Crippen molar-refractivity contribution in [3.05, 3.63) is 22.2 Å². The number of phenolic OH excluding ortho intramolecular Hbond substituents is 1. The molecule has 0 saturated carbocycles. The molecule has 1 N–H and O–H groups in total. The monoisotopic (exact) mass is 246 g/mol. The van der Waals surface area contributed by atoms with Crippen LogP contribution in [-0.2, 0) is 0 Å². The minimum absolute atomic E-state index is 0.157. The van der Waals surface area contributed by atoms with E-state index in [1.807, 2.05) is 20.8 Å². The quantitative estimate of drug-likeness (QED) is 0.822. The van der Waals surface area contributed by atoms with E-state index in [0.717, 1.165) is 10.0 Å². The van der Waals surface area contributed by atoms with Crippen LogP contribution in [0.5, 0.6) is 11.5 Å². The molecule has 0 aliphatic heterocycles. The Hall–Kier alpha value is -0.700. The van der Waals surface area contributed by atoms with E-state index >= 15 is 0 Å². The lowest BCUT2D eigenvalue weighted by Crippen LogP contribution is -1.85. The number of ether oxygens (including phenoxy) is 1. The summed E-state index contributed by atoms with van der Waals surface area (Å²) in [6.45, 7) is 5.94. The lowest BCUT2D eigenvalue weighted by Gasteiger charge is -2.05. The van der Waals surface area contributed by atoms with E-state index in [0.29, 0.717) is 5.75 Å². The zero-order chi connectivity index (χ0) is 10.4. The van der Waals surface area contributed by atoms with Crippen molar-refractivity contribution in [1.82, 2.24) is 0 Å². The molecule has 0 bridgehead atoms. The molecule has 0 heterocycles. The van der Waals surface area contributed by atoms with Crippen molar-refractivity contribution in [2.75, 3.05) is 7.11 Å². The molecular formula is C10H15BrO2. The first-order valence-corrected chi connectivity index (χ1v) is 4.97. The number of methoxy groups -OCH3 is 1. The molecule has 13 heavy (non-hydrogen) atoms. The van der Waals surface area contributed by atoms with E-state index in [2.05, 4.69) is 15.9 Å². The van der Waals surface area contributed by atoms with E-state index < -0.39 is 0 Å². The van der Waals surface area contributed by atoms with Gasteiger partial charge in [-0.05, 0) is 24.6 Å². The van der Waals surface area contributed by atoms with Gasteiger partial charge in [-0.2, -0.15) is 0 Å². The van der Waals surface area contributed by atoms with Gasteiger partial charge in [-0.3, -0.25) is 0 Å². The molecule has 1 aromatic rings. The van der Waals surface area contributed by atoms with Crippen LogP contribution in [0.25, 0.3) is 0 Å². The fraction of sp³-hybridized carbons (Fsp3) is 0.400. The summed E-state index contributed by atoms with van der Waals surface area (Å²) in [5, 5.41) is 9.26. The SMILES string of the molecule is CC.COc1cc(C)c(Br)cc1O. The fourth-order valence-electron chi connectivity index (χ4n) is 0.808. The van der Waals surface area contributed by atoms with Crippen molar-refractivity contribution in [1.29, 1.82) is 0 Å². The average Bonchev–Trinajstić information content (AvgIpc) is 2.15. The third-order valence-electron chi connectivity index (χ3n) is 1.46. The highest BCUT2D eigenvalue weighted by atomic mass is 79.9. The largest absolute Gasteiger partial charge is 0.504 e. The number of hydrogen-bond donors (Lipinski definition) is 1. The van der Waals surface area contributed by atoms with Crippen molar-refractivity contribution in [2.45, 2.75) is 20.8 Å². The van der Waals surface area contributed by atoms with Crippen LogP contribution in [0, 0.1) is 6.92 Å². The standard InChI is InChI=1S/C8H9BrO2.C2H6/c1-5-3-8(11-2)7(10)4-6(5)9;1-2/h3-4,10H,1-2H3;1-2H3. The number of benzene rings is 1. The smallest absolute Gasteiger partial charge is 0.160 e. The minimum atomic E-state index is 0.157. The Balaban J connectivity index is 0.000000671. The lowest BCUT2D eigenvalue weighted by atomic mass is 10.2. The van der Waals surface area contributed by atoms with Crippen LogP contribution in [0.4, 0.5) is 0 Å². The Morgan fingerprint density at radius 2 is 1.85 bits per heavy atom. The van der Waals surface area contributed by atoms with Crippen molar-refractivity contribution < 1.29 is 9.84 Å². The van der Waals surface area contributed by atoms with Gasteiger partial charge in [0.1, 0.15) is 0 Å². The molecule has 0 unspecified atom stereocenters. The molecular weight excluding hydrogens is 232 g/mol. The highest BCUT2D eigenvalue weighted by molar-refractivity contribution is 9.10. The summed E-state index contributed by atoms with van der Waals surface area (Å²) < 4.78 is 5.79. The number of phenols is 1. The fourth-order valence-corrected chi connectivity index (χ4v) is 1.14. The normalized spacial score (nSPS) is 8.69. The first kappa shape index (κ1) is 12.3. The molecule has 0 radical (unpaired) electrons. The molecule has 74 valence electrons. The molecule has 0 aliphatic rings. The molecule has 0 aliphatic carbocycles. The lowest BCUT2D eigenvalue weighted by molar-refractivity contribution is 0.373. The maximum Gasteiger partial charge on any atom is 0.160 e. The van der Waals surface area contributed by atoms with Gasteiger partial charge in [-0.15, -0.1) is 0 Å². The number of rotatable bonds is 1. The predicted molar refractivity (Wildman–Crippen MR) is 58.4 cm³/mol. The van der Waals surface area contributed by atoms with Gasteiger partial charge in [0.25, 0.3) is 0 Å². The van der Waals surface area contributed by atoms with Gasteiger partial charge in [0.2, 0.25) is 0 Å². The Labute approximate surface area is 87.7 Å². The van der Waals surface area contributed by atoms with E-state index in [1.54, 1.807) is 12.1 Å². The summed E-state index contributed by atoms with van der Waals surface area (Å²) in [6.07, 6.45) is 0. The van der Waals surface area contributed by atoms with Crippen LogP contribution in [0.1, 0.15) is 19.4 Å². The van der Waals surface area contributed by atoms with Crippen molar-refractivity contribution in [3.8, 4) is 11.5 Å². The predicted octanol–water partition coefficient (Wildman–Crippen LogP) is 3.50. The molecule has 1 aromatic carbocycles. The average molecular weight is 247 g/mol. The summed E-state index contributed by atoms with van der Waals surface area (Å²) in [5.41, 5.74) is 1.04. The number of aryl methyl sites for hydroxylation is 1. The second-order valence-corrected chi connectivity index (χ2v) is 3.13. The Morgan fingerprint density at radius 3 is 2.31 bits per heavy atom. The summed E-state index contributed by atoms with van der Waals surface area (Å²) in [4.78, 5) is 0. The summed E-state index contributed by atoms with van der Waals surface area (Å²) in [7, 11) is 1.53. The summed E-state index contributed by atoms with van der Waals surface area (Å²) in [6, 6.07) is 3.40. The van der Waals surface area contributed by atoms with E-state index in [4.69, 9.17) is 4.74 Å². The maximum atomic E-state index is 9.26. The molecule has 0 fully saturated rings. The van der Waals surface area contributed by atoms with Gasteiger partial charge in [0, 0.05) is 4.47 Å². The zero-order valence-electron chi connectivity index (χ0n) is 8.39. The Morgan fingerprint density at radius 1 is 1.31 bits per heavy atom. The van der Waals surface area contributed by atoms with Crippen LogP contribution < -0.4 is 4.74 Å². The molecule has 0 spiro atoms. The minimum Gasteiger partial charge on any atom is -0.504 e. The highest BCUT2D eigenvalue weighted by Gasteiger charge is 2.03. The molecule has 0 atom stereocenters. The molecule has 0 saturated heterocycles. The van der Waals surface area contributed by atoms with Gasteiger partial charge in [-0.1, -0.05) is 29.8 Å². The highest BCUT2D eigenvalue weighted by Crippen LogP contribution is 2.31. The molecule has 2 nitrogen and oxygen atoms in total. The third-order valence-corrected chi connectivity index (χ3v) is 2.31. The second-order valence-electron chi connectivity index (χ2n) is 2.27. The van der Waals surface area contributed by atoms with E-state index in [1.165, 1.54) is 7.11 Å². The van der Waals surface area contributed by atoms with Gasteiger partial charge < -0.3 is 9.84 Å². The summed E-state index contributed by atoms with van der Waals surface area (Å²) in [5.74, 6) is 0.663. The topological polar surface area (TPSA) is 29.5 Å². The molecule has 1 rings (SSSR count). The van der Waals surface area contributed by atoms with Crippen molar-refractivity contribution in [2.24, 2.45) is 0 Å². The van der Waals surface area contributed by atoms with Crippen LogP contribution in [0.15, 0.2) is 16.6 Å². The molecule has 0 amide bonds. The van der Waals surface area contributed by atoms with Crippen LogP contribution in [0.3, 0.4) is 0 Å². The first-order valence-electron chi connectivity index (χ1n) is 4.18. The van der Waals surface area contributed by atoms with Crippen LogP contribution >= 0.6 is 15.9 Å². The van der Waals surface area contributed by atoms with Crippen LogP contribution in [0.2, 0.25) is 0 Å². The zero-order valence-corrected chi connectivity index (χ0v) is 9.97. The Kier molecular flexibility index (Phi) is 5.55. The van der Waals surface area contributed by atoms with Gasteiger partial charge >= 0.3 is 0 Å². The molecule has 3 heteroatoms. The van der Waals surface area contributed by atoms with Gasteiger partial charge in [-0.25, -0.2) is 0 Å². The number of aromatic hydroxyl groups is 1. The summed E-state index contributed by atoms with van der Waals surface area (Å²) >= 11 is 3.29. The number of hydrogen-bond acceptors (Lipinski definition) is 2. The second kappa shape index (κ2) is 5.86. The third kappa shape index (κ3) is 3.27. The Bertz CT molecular complexity index is 272. The van der Waals surface area contributed by atoms with Crippen molar-refractivity contribution >= 4 is 15.9 Å². The maximum absolute atomic E-state index is 9.26. The van der Waals surface area contributed by atoms with E-state index in [9.17, 15) is 5.11 Å².